The van der Waals surface area contributed by atoms with E-state index in [1.165, 1.54) is 12.1 Å². The Balaban J connectivity index is 1.80. The molecule has 1 aromatic carbocycles. The molecular formula is C19H22FN5O. The van der Waals surface area contributed by atoms with Gasteiger partial charge >= 0.3 is 0 Å². The third kappa shape index (κ3) is 3.37. The van der Waals surface area contributed by atoms with Gasteiger partial charge in [0.05, 0.1) is 17.4 Å². The highest BCUT2D eigenvalue weighted by Crippen LogP contribution is 2.25. The van der Waals surface area contributed by atoms with E-state index < -0.39 is 0 Å². The molecule has 0 saturated carbocycles. The van der Waals surface area contributed by atoms with Gasteiger partial charge in [-0.05, 0) is 44.0 Å². The molecule has 0 spiro atoms. The number of carbonyl (C=O) groups excluding carboxylic acids is 1. The molecule has 1 amide bonds. The highest BCUT2D eigenvalue weighted by molar-refractivity contribution is 5.93. The number of nitrogens with one attached hydrogen (secondary N) is 2. The number of aromatic nitrogens is 4. The van der Waals surface area contributed by atoms with Crippen molar-refractivity contribution >= 4 is 5.91 Å². The molecule has 26 heavy (non-hydrogen) atoms. The lowest BCUT2D eigenvalue weighted by Crippen LogP contribution is -2.28. The second-order valence-corrected chi connectivity index (χ2v) is 6.32. The molecule has 7 heteroatoms. The van der Waals surface area contributed by atoms with Gasteiger partial charge in [0.2, 0.25) is 0 Å². The lowest BCUT2D eigenvalue weighted by Gasteiger charge is -2.16. The fraction of sp³-hybridized carbons (Fsp3) is 0.316. The smallest absolute Gasteiger partial charge is 0.269 e. The van der Waals surface area contributed by atoms with Crippen LogP contribution < -0.4 is 5.32 Å². The van der Waals surface area contributed by atoms with E-state index in [1.807, 2.05) is 27.8 Å². The maximum atomic E-state index is 13.1. The van der Waals surface area contributed by atoms with Gasteiger partial charge in [0.25, 0.3) is 5.91 Å². The van der Waals surface area contributed by atoms with Crippen molar-refractivity contribution in [2.24, 2.45) is 7.05 Å². The minimum atomic E-state index is -0.296. The molecule has 1 atom stereocenters. The minimum absolute atomic E-state index is 0.197. The largest absolute Gasteiger partial charge is 0.344 e. The Hall–Kier alpha value is -2.96. The molecule has 2 heterocycles. The fourth-order valence-corrected chi connectivity index (χ4v) is 3.06. The number of H-pyrrole nitrogens is 1. The maximum Gasteiger partial charge on any atom is 0.269 e. The van der Waals surface area contributed by atoms with Gasteiger partial charge in [-0.3, -0.25) is 14.6 Å². The number of amides is 1. The molecule has 2 N–H and O–H groups in total. The Morgan fingerprint density at radius 3 is 2.58 bits per heavy atom. The average molecular weight is 355 g/mol. The van der Waals surface area contributed by atoms with Gasteiger partial charge in [0.1, 0.15) is 11.5 Å². The Morgan fingerprint density at radius 2 is 2.00 bits per heavy atom. The summed E-state index contributed by atoms with van der Waals surface area (Å²) in [4.78, 5) is 12.6. The molecule has 3 rings (SSSR count). The Bertz CT molecular complexity index is 926. The van der Waals surface area contributed by atoms with E-state index in [0.717, 1.165) is 22.5 Å². The number of halogens is 1. The number of aryl methyl sites for hydroxylation is 2. The van der Waals surface area contributed by atoms with E-state index in [-0.39, 0.29) is 17.8 Å². The van der Waals surface area contributed by atoms with Gasteiger partial charge in [0.15, 0.2) is 0 Å². The van der Waals surface area contributed by atoms with Crippen molar-refractivity contribution in [1.29, 1.82) is 0 Å². The van der Waals surface area contributed by atoms with Crippen LogP contribution in [0.1, 0.15) is 46.8 Å². The van der Waals surface area contributed by atoms with Crippen LogP contribution in [-0.2, 0) is 7.05 Å². The summed E-state index contributed by atoms with van der Waals surface area (Å²) in [6.45, 7) is 5.85. The zero-order valence-electron chi connectivity index (χ0n) is 15.3. The van der Waals surface area contributed by atoms with E-state index in [2.05, 4.69) is 20.6 Å². The number of nitrogens with zero attached hydrogens (tertiary/aromatic N) is 3. The number of carbonyl (C=O) groups is 1. The van der Waals surface area contributed by atoms with Gasteiger partial charge in [0, 0.05) is 18.3 Å². The summed E-state index contributed by atoms with van der Waals surface area (Å²) in [5.41, 5.74) is 4.70. The molecule has 0 aliphatic carbocycles. The van der Waals surface area contributed by atoms with Crippen LogP contribution in [0.4, 0.5) is 4.39 Å². The van der Waals surface area contributed by atoms with Crippen LogP contribution in [0.3, 0.4) is 0 Å². The highest BCUT2D eigenvalue weighted by atomic mass is 19.1. The first-order valence-corrected chi connectivity index (χ1v) is 8.53. The normalized spacial score (nSPS) is 12.2. The Labute approximate surface area is 151 Å². The molecule has 0 aliphatic heterocycles. The van der Waals surface area contributed by atoms with Crippen molar-refractivity contribution in [3.8, 4) is 11.3 Å². The van der Waals surface area contributed by atoms with E-state index in [0.29, 0.717) is 17.8 Å². The average Bonchev–Trinajstić information content (AvgIpc) is 3.18. The number of hydrogen-bond donors (Lipinski definition) is 2. The molecule has 0 bridgehead atoms. The number of aromatic amines is 1. The SMILES string of the molecule is CC[C@@H](NC(=O)c1cc(-c2c(C)nn(C)c2C)n[nH]1)c1ccc(F)cc1. The van der Waals surface area contributed by atoms with Crippen LogP contribution >= 0.6 is 0 Å². The van der Waals surface area contributed by atoms with E-state index in [1.54, 1.807) is 22.9 Å². The summed E-state index contributed by atoms with van der Waals surface area (Å²) in [7, 11) is 1.88. The second kappa shape index (κ2) is 7.11. The van der Waals surface area contributed by atoms with Gasteiger partial charge in [-0.15, -0.1) is 0 Å². The molecule has 6 nitrogen and oxygen atoms in total. The van der Waals surface area contributed by atoms with Crippen molar-refractivity contribution in [1.82, 2.24) is 25.3 Å². The van der Waals surface area contributed by atoms with E-state index in [4.69, 9.17) is 0 Å². The molecule has 2 aromatic heterocycles. The van der Waals surface area contributed by atoms with Crippen LogP contribution in [-0.4, -0.2) is 25.9 Å². The Morgan fingerprint density at radius 1 is 1.31 bits per heavy atom. The zero-order valence-corrected chi connectivity index (χ0v) is 15.3. The molecule has 0 radical (unpaired) electrons. The molecule has 136 valence electrons. The predicted octanol–water partition coefficient (Wildman–Crippen LogP) is 3.45. The third-order valence-electron chi connectivity index (χ3n) is 4.57. The minimum Gasteiger partial charge on any atom is -0.344 e. The standard InChI is InChI=1S/C19H22FN5O/c1-5-15(13-6-8-14(20)9-7-13)21-19(26)17-10-16(22-23-17)18-11(2)24-25(4)12(18)3/h6-10,15H,5H2,1-4H3,(H,21,26)(H,22,23)/t15-/m1/s1. The molecule has 0 fully saturated rings. The number of rotatable bonds is 5. The fourth-order valence-electron chi connectivity index (χ4n) is 3.06. The first-order chi connectivity index (χ1) is 12.4. The summed E-state index contributed by atoms with van der Waals surface area (Å²) >= 11 is 0. The van der Waals surface area contributed by atoms with E-state index >= 15 is 0 Å². The summed E-state index contributed by atoms with van der Waals surface area (Å²) in [6.07, 6.45) is 0.694. The first kappa shape index (κ1) is 17.8. The van der Waals surface area contributed by atoms with Crippen LogP contribution in [0.15, 0.2) is 30.3 Å². The van der Waals surface area contributed by atoms with Crippen LogP contribution in [0.25, 0.3) is 11.3 Å². The predicted molar refractivity (Wildman–Crippen MR) is 97.2 cm³/mol. The second-order valence-electron chi connectivity index (χ2n) is 6.32. The summed E-state index contributed by atoms with van der Waals surface area (Å²) in [5, 5.41) is 14.4. The van der Waals surface area contributed by atoms with Gasteiger partial charge in [-0.1, -0.05) is 19.1 Å². The van der Waals surface area contributed by atoms with Crippen LogP contribution in [0.2, 0.25) is 0 Å². The van der Waals surface area contributed by atoms with Crippen molar-refractivity contribution in [3.05, 3.63) is 58.8 Å². The topological polar surface area (TPSA) is 75.6 Å². The van der Waals surface area contributed by atoms with Crippen molar-refractivity contribution in [2.45, 2.75) is 33.2 Å². The van der Waals surface area contributed by atoms with E-state index in [9.17, 15) is 9.18 Å². The first-order valence-electron chi connectivity index (χ1n) is 8.53. The molecule has 3 aromatic rings. The lowest BCUT2D eigenvalue weighted by atomic mass is 10.0. The third-order valence-corrected chi connectivity index (χ3v) is 4.57. The molecular weight excluding hydrogens is 333 g/mol. The molecule has 0 saturated heterocycles. The number of hydrogen-bond acceptors (Lipinski definition) is 3. The summed E-state index contributed by atoms with van der Waals surface area (Å²) in [6, 6.07) is 7.69. The van der Waals surface area contributed by atoms with Crippen LogP contribution in [0.5, 0.6) is 0 Å². The van der Waals surface area contributed by atoms with Crippen molar-refractivity contribution < 1.29 is 9.18 Å². The molecule has 0 aliphatic rings. The maximum absolute atomic E-state index is 13.1. The van der Waals surface area contributed by atoms with Gasteiger partial charge < -0.3 is 5.32 Å². The quantitative estimate of drug-likeness (QED) is 0.736. The van der Waals surface area contributed by atoms with Gasteiger partial charge in [-0.2, -0.15) is 10.2 Å². The monoisotopic (exact) mass is 355 g/mol. The lowest BCUT2D eigenvalue weighted by molar-refractivity contribution is 0.0930. The molecule has 0 unspecified atom stereocenters. The van der Waals surface area contributed by atoms with Crippen molar-refractivity contribution in [2.75, 3.05) is 0 Å². The number of benzene rings is 1. The summed E-state index contributed by atoms with van der Waals surface area (Å²) < 4.78 is 14.9. The van der Waals surface area contributed by atoms with Crippen molar-refractivity contribution in [3.63, 3.8) is 0 Å². The highest BCUT2D eigenvalue weighted by Gasteiger charge is 2.19. The Kier molecular flexibility index (Phi) is 4.88. The zero-order chi connectivity index (χ0) is 18.8. The van der Waals surface area contributed by atoms with Crippen LogP contribution in [0, 0.1) is 19.7 Å². The summed E-state index contributed by atoms with van der Waals surface area (Å²) in [5.74, 6) is -0.547. The van der Waals surface area contributed by atoms with Gasteiger partial charge in [-0.25, -0.2) is 4.39 Å².